The van der Waals surface area contributed by atoms with Gasteiger partial charge in [0.2, 0.25) is 0 Å². The van der Waals surface area contributed by atoms with Crippen LogP contribution < -0.4 is 0 Å². The molecular weight excluding hydrogens is 248 g/mol. The number of halogens is 1. The molecular formula is C15H13ClO2. The molecule has 0 saturated carbocycles. The molecule has 18 heavy (non-hydrogen) atoms. The number of benzene rings is 2. The van der Waals surface area contributed by atoms with Crippen LogP contribution in [0.3, 0.4) is 0 Å². The Morgan fingerprint density at radius 2 is 1.56 bits per heavy atom. The first-order valence-corrected chi connectivity index (χ1v) is 6.07. The van der Waals surface area contributed by atoms with Crippen molar-refractivity contribution in [3.05, 3.63) is 70.7 Å². The largest absolute Gasteiger partial charge is 0.481 e. The van der Waals surface area contributed by atoms with Crippen LogP contribution in [0.2, 0.25) is 5.02 Å². The molecule has 2 rings (SSSR count). The molecule has 0 fully saturated rings. The van der Waals surface area contributed by atoms with Gasteiger partial charge < -0.3 is 5.11 Å². The van der Waals surface area contributed by atoms with Crippen LogP contribution in [-0.4, -0.2) is 11.1 Å². The summed E-state index contributed by atoms with van der Waals surface area (Å²) < 4.78 is 0. The first-order chi connectivity index (χ1) is 8.66. The molecule has 2 aromatic carbocycles. The van der Waals surface area contributed by atoms with Crippen molar-refractivity contribution < 1.29 is 9.90 Å². The third-order valence-corrected chi connectivity index (χ3v) is 3.11. The number of hydrogen-bond acceptors (Lipinski definition) is 1. The topological polar surface area (TPSA) is 37.3 Å². The maximum atomic E-state index is 11.0. The molecule has 0 unspecified atom stereocenters. The number of carboxylic acids is 1. The fraction of sp³-hybridized carbons (Fsp3) is 0.133. The van der Waals surface area contributed by atoms with E-state index in [1.807, 2.05) is 42.5 Å². The van der Waals surface area contributed by atoms with Gasteiger partial charge in [-0.15, -0.1) is 0 Å². The van der Waals surface area contributed by atoms with Crippen molar-refractivity contribution in [2.24, 2.45) is 0 Å². The lowest BCUT2D eigenvalue weighted by Gasteiger charge is -2.16. The average molecular weight is 261 g/mol. The monoisotopic (exact) mass is 260 g/mol. The minimum absolute atomic E-state index is 0.0750. The van der Waals surface area contributed by atoms with Gasteiger partial charge in [0, 0.05) is 10.9 Å². The van der Waals surface area contributed by atoms with E-state index < -0.39 is 5.97 Å². The second-order valence-corrected chi connectivity index (χ2v) is 4.55. The molecule has 2 nitrogen and oxygen atoms in total. The Morgan fingerprint density at radius 1 is 1.00 bits per heavy atom. The number of hydrogen-bond donors (Lipinski definition) is 1. The highest BCUT2D eigenvalue weighted by molar-refractivity contribution is 6.30. The van der Waals surface area contributed by atoms with Gasteiger partial charge >= 0.3 is 5.97 Å². The van der Waals surface area contributed by atoms with Crippen molar-refractivity contribution >= 4 is 17.6 Å². The molecule has 1 atom stereocenters. The summed E-state index contributed by atoms with van der Waals surface area (Å²) in [6.07, 6.45) is 0.0750. The first kappa shape index (κ1) is 12.7. The standard InChI is InChI=1S/C15H13ClO2/c16-13-8-6-12(7-9-13)14(10-15(17)18)11-4-2-1-3-5-11/h1-9,14H,10H2,(H,17,18)/t14-/m0/s1. The molecule has 0 heterocycles. The van der Waals surface area contributed by atoms with Gasteiger partial charge in [-0.3, -0.25) is 4.79 Å². The van der Waals surface area contributed by atoms with Gasteiger partial charge in [0.25, 0.3) is 0 Å². The van der Waals surface area contributed by atoms with E-state index in [9.17, 15) is 4.79 Å². The van der Waals surface area contributed by atoms with Gasteiger partial charge in [-0.05, 0) is 23.3 Å². The van der Waals surface area contributed by atoms with Gasteiger partial charge in [-0.1, -0.05) is 54.1 Å². The normalized spacial score (nSPS) is 12.1. The van der Waals surface area contributed by atoms with Crippen LogP contribution in [-0.2, 0) is 4.79 Å². The number of aliphatic carboxylic acids is 1. The van der Waals surface area contributed by atoms with Crippen molar-refractivity contribution in [2.75, 3.05) is 0 Å². The van der Waals surface area contributed by atoms with Crippen molar-refractivity contribution in [3.63, 3.8) is 0 Å². The summed E-state index contributed by atoms with van der Waals surface area (Å²) in [6, 6.07) is 17.0. The fourth-order valence-corrected chi connectivity index (χ4v) is 2.11. The SMILES string of the molecule is O=C(O)C[C@@H](c1ccccc1)c1ccc(Cl)cc1. The molecule has 0 aromatic heterocycles. The molecule has 0 spiro atoms. The van der Waals surface area contributed by atoms with Crippen molar-refractivity contribution in [1.29, 1.82) is 0 Å². The smallest absolute Gasteiger partial charge is 0.304 e. The number of rotatable bonds is 4. The van der Waals surface area contributed by atoms with Crippen LogP contribution in [0, 0.1) is 0 Å². The van der Waals surface area contributed by atoms with E-state index in [1.54, 1.807) is 12.1 Å². The number of carboxylic acid groups (broad SMARTS) is 1. The van der Waals surface area contributed by atoms with Crippen molar-refractivity contribution in [2.45, 2.75) is 12.3 Å². The summed E-state index contributed by atoms with van der Waals surface area (Å²) in [5, 5.41) is 9.69. The molecule has 2 aromatic rings. The molecule has 0 saturated heterocycles. The number of carbonyl (C=O) groups is 1. The quantitative estimate of drug-likeness (QED) is 0.904. The highest BCUT2D eigenvalue weighted by Gasteiger charge is 2.17. The summed E-state index contributed by atoms with van der Waals surface area (Å²) in [4.78, 5) is 11.0. The highest BCUT2D eigenvalue weighted by atomic mass is 35.5. The third-order valence-electron chi connectivity index (χ3n) is 2.85. The Kier molecular flexibility index (Phi) is 4.00. The molecule has 0 aliphatic carbocycles. The van der Waals surface area contributed by atoms with E-state index >= 15 is 0 Å². The van der Waals surface area contributed by atoms with E-state index in [-0.39, 0.29) is 12.3 Å². The molecule has 0 amide bonds. The van der Waals surface area contributed by atoms with Gasteiger partial charge in [-0.25, -0.2) is 0 Å². The molecule has 0 aliphatic rings. The van der Waals surface area contributed by atoms with Crippen LogP contribution in [0.5, 0.6) is 0 Å². The summed E-state index contributed by atoms with van der Waals surface area (Å²) >= 11 is 5.85. The summed E-state index contributed by atoms with van der Waals surface area (Å²) in [5.74, 6) is -0.945. The Bertz CT molecular complexity index is 520. The Hall–Kier alpha value is -1.80. The zero-order valence-corrected chi connectivity index (χ0v) is 10.5. The second-order valence-electron chi connectivity index (χ2n) is 4.11. The van der Waals surface area contributed by atoms with E-state index in [4.69, 9.17) is 16.7 Å². The maximum Gasteiger partial charge on any atom is 0.304 e. The lowest BCUT2D eigenvalue weighted by molar-refractivity contribution is -0.137. The van der Waals surface area contributed by atoms with Crippen LogP contribution in [0.4, 0.5) is 0 Å². The van der Waals surface area contributed by atoms with Gasteiger partial charge in [-0.2, -0.15) is 0 Å². The van der Waals surface area contributed by atoms with Crippen LogP contribution >= 0.6 is 11.6 Å². The van der Waals surface area contributed by atoms with E-state index in [0.29, 0.717) is 5.02 Å². The van der Waals surface area contributed by atoms with Crippen LogP contribution in [0.25, 0.3) is 0 Å². The molecule has 1 N–H and O–H groups in total. The van der Waals surface area contributed by atoms with Gasteiger partial charge in [0.15, 0.2) is 0 Å². The molecule has 0 bridgehead atoms. The summed E-state index contributed by atoms with van der Waals surface area (Å²) in [6.45, 7) is 0. The van der Waals surface area contributed by atoms with E-state index in [1.165, 1.54) is 0 Å². The minimum Gasteiger partial charge on any atom is -0.481 e. The summed E-state index contributed by atoms with van der Waals surface area (Å²) in [7, 11) is 0. The van der Waals surface area contributed by atoms with Gasteiger partial charge in [0.1, 0.15) is 0 Å². The second kappa shape index (κ2) is 5.69. The molecule has 0 radical (unpaired) electrons. The van der Waals surface area contributed by atoms with E-state index in [2.05, 4.69) is 0 Å². The van der Waals surface area contributed by atoms with Crippen LogP contribution in [0.15, 0.2) is 54.6 Å². The Balaban J connectivity index is 2.36. The maximum absolute atomic E-state index is 11.0. The average Bonchev–Trinajstić information content (AvgIpc) is 2.38. The molecule has 92 valence electrons. The lowest BCUT2D eigenvalue weighted by atomic mass is 9.89. The zero-order chi connectivity index (χ0) is 13.0. The molecule has 3 heteroatoms. The lowest BCUT2D eigenvalue weighted by Crippen LogP contribution is -2.07. The highest BCUT2D eigenvalue weighted by Crippen LogP contribution is 2.28. The Morgan fingerprint density at radius 3 is 2.11 bits per heavy atom. The predicted octanol–water partition coefficient (Wildman–Crippen LogP) is 3.95. The predicted molar refractivity (Wildman–Crippen MR) is 72.0 cm³/mol. The van der Waals surface area contributed by atoms with E-state index in [0.717, 1.165) is 11.1 Å². The summed E-state index contributed by atoms with van der Waals surface area (Å²) in [5.41, 5.74) is 1.97. The Labute approximate surface area is 111 Å². The van der Waals surface area contributed by atoms with Gasteiger partial charge in [0.05, 0.1) is 6.42 Å². The first-order valence-electron chi connectivity index (χ1n) is 5.69. The third kappa shape index (κ3) is 3.11. The van der Waals surface area contributed by atoms with Crippen LogP contribution in [0.1, 0.15) is 23.5 Å². The molecule has 0 aliphatic heterocycles. The zero-order valence-electron chi connectivity index (χ0n) is 9.71. The van der Waals surface area contributed by atoms with Crippen molar-refractivity contribution in [3.8, 4) is 0 Å². The fourth-order valence-electron chi connectivity index (χ4n) is 1.98. The minimum atomic E-state index is -0.807. The van der Waals surface area contributed by atoms with Crippen molar-refractivity contribution in [1.82, 2.24) is 0 Å².